The van der Waals surface area contributed by atoms with Crippen LogP contribution in [-0.4, -0.2) is 34.4 Å². The van der Waals surface area contributed by atoms with Crippen LogP contribution in [0.4, 0.5) is 0 Å². The lowest BCUT2D eigenvalue weighted by atomic mass is 9.81. The summed E-state index contributed by atoms with van der Waals surface area (Å²) in [6.07, 6.45) is 7.77. The van der Waals surface area contributed by atoms with Gasteiger partial charge in [-0.15, -0.1) is 0 Å². The molecule has 0 aromatic carbocycles. The number of esters is 2. The minimum absolute atomic E-state index is 0.0524. The van der Waals surface area contributed by atoms with Crippen LogP contribution in [-0.2, 0) is 19.1 Å². The molecule has 2 heterocycles. The molecular formula is C22H34O6. The van der Waals surface area contributed by atoms with Gasteiger partial charge in [0, 0.05) is 18.8 Å². The van der Waals surface area contributed by atoms with E-state index < -0.39 is 30.1 Å². The summed E-state index contributed by atoms with van der Waals surface area (Å²) in [5.74, 6) is -2.03. The zero-order valence-electron chi connectivity index (χ0n) is 17.3. The van der Waals surface area contributed by atoms with Gasteiger partial charge in [-0.2, -0.15) is 0 Å². The Kier molecular flexibility index (Phi) is 8.39. The van der Waals surface area contributed by atoms with Gasteiger partial charge in [-0.1, -0.05) is 51.9 Å². The lowest BCUT2D eigenvalue weighted by molar-refractivity contribution is -0.147. The summed E-state index contributed by atoms with van der Waals surface area (Å²) in [6.45, 7) is 5.60. The Hall–Kier alpha value is -1.98. The third-order valence-electron chi connectivity index (χ3n) is 5.43. The zero-order chi connectivity index (χ0) is 20.7. The normalized spacial score (nSPS) is 24.2. The van der Waals surface area contributed by atoms with Crippen molar-refractivity contribution >= 4 is 11.9 Å². The van der Waals surface area contributed by atoms with Crippen molar-refractivity contribution in [3.63, 3.8) is 0 Å². The van der Waals surface area contributed by atoms with Gasteiger partial charge in [0.2, 0.25) is 0 Å². The van der Waals surface area contributed by atoms with Crippen LogP contribution in [0, 0.1) is 5.92 Å². The molecule has 0 fully saturated rings. The van der Waals surface area contributed by atoms with Gasteiger partial charge in [-0.05, 0) is 20.3 Å². The van der Waals surface area contributed by atoms with Crippen LogP contribution in [0.1, 0.15) is 85.0 Å². The van der Waals surface area contributed by atoms with E-state index in [1.807, 2.05) is 0 Å². The summed E-state index contributed by atoms with van der Waals surface area (Å²) in [7, 11) is 0. The van der Waals surface area contributed by atoms with Gasteiger partial charge < -0.3 is 19.7 Å². The number of carbonyl (C=O) groups excluding carboxylic acids is 2. The predicted octanol–water partition coefficient (Wildman–Crippen LogP) is 5.04. The average Bonchev–Trinajstić information content (AvgIpc) is 2.58. The molecule has 6 heteroatoms. The summed E-state index contributed by atoms with van der Waals surface area (Å²) >= 11 is 0. The van der Waals surface area contributed by atoms with Crippen molar-refractivity contribution in [3.05, 3.63) is 22.7 Å². The summed E-state index contributed by atoms with van der Waals surface area (Å²) in [6, 6.07) is 0. The first-order valence-corrected chi connectivity index (χ1v) is 10.6. The molecule has 0 spiro atoms. The van der Waals surface area contributed by atoms with Crippen molar-refractivity contribution in [3.8, 4) is 0 Å². The van der Waals surface area contributed by atoms with Gasteiger partial charge in [0.1, 0.15) is 23.7 Å². The fourth-order valence-electron chi connectivity index (χ4n) is 4.00. The number of unbranched alkanes of at least 4 members (excludes halogenated alkanes) is 6. The Bertz CT molecular complexity index is 587. The minimum atomic E-state index is -0.698. The van der Waals surface area contributed by atoms with E-state index in [0.29, 0.717) is 6.42 Å². The third kappa shape index (κ3) is 5.76. The molecule has 2 rings (SSSR count). The highest BCUT2D eigenvalue weighted by molar-refractivity contribution is 5.97. The van der Waals surface area contributed by atoms with Crippen LogP contribution in [0.5, 0.6) is 0 Å². The maximum atomic E-state index is 12.5. The number of ether oxygens (including phenoxy) is 2. The molecule has 0 aromatic rings. The minimum Gasteiger partial charge on any atom is -0.512 e. The maximum Gasteiger partial charge on any atom is 0.338 e. The largest absolute Gasteiger partial charge is 0.512 e. The molecular weight excluding hydrogens is 360 g/mol. The Balaban J connectivity index is 2.17. The Morgan fingerprint density at radius 3 is 1.68 bits per heavy atom. The van der Waals surface area contributed by atoms with Gasteiger partial charge >= 0.3 is 11.9 Å². The standard InChI is InChI=1S/C22H34O6/c1-4-5-6-7-8-9-10-11-16(19-17(23)12-14(2)27-21(19)25)20-18(24)13-15(3)28-22(20)26/h14-16,23-24H,4-13H2,1-3H3. The van der Waals surface area contributed by atoms with Crippen molar-refractivity contribution in [1.82, 2.24) is 0 Å². The number of carbonyl (C=O) groups is 2. The van der Waals surface area contributed by atoms with Gasteiger partial charge in [-0.3, -0.25) is 0 Å². The van der Waals surface area contributed by atoms with Crippen molar-refractivity contribution in [2.24, 2.45) is 5.92 Å². The second-order valence-electron chi connectivity index (χ2n) is 8.02. The second-order valence-corrected chi connectivity index (χ2v) is 8.02. The molecule has 0 bridgehead atoms. The molecule has 2 atom stereocenters. The molecule has 2 unspecified atom stereocenters. The van der Waals surface area contributed by atoms with Crippen LogP contribution in [0.25, 0.3) is 0 Å². The highest BCUT2D eigenvalue weighted by Gasteiger charge is 2.40. The molecule has 2 aliphatic rings. The lowest BCUT2D eigenvalue weighted by Crippen LogP contribution is -2.34. The molecule has 0 aliphatic carbocycles. The van der Waals surface area contributed by atoms with E-state index in [9.17, 15) is 19.8 Å². The smallest absolute Gasteiger partial charge is 0.338 e. The third-order valence-corrected chi connectivity index (χ3v) is 5.43. The van der Waals surface area contributed by atoms with Crippen LogP contribution in [0.2, 0.25) is 0 Å². The summed E-state index contributed by atoms with van der Waals surface area (Å²) in [5.41, 5.74) is 0.189. The van der Waals surface area contributed by atoms with Crippen molar-refractivity contribution in [1.29, 1.82) is 0 Å². The number of aliphatic hydroxyl groups excluding tert-OH is 2. The van der Waals surface area contributed by atoms with E-state index in [1.165, 1.54) is 25.7 Å². The Morgan fingerprint density at radius 2 is 1.25 bits per heavy atom. The van der Waals surface area contributed by atoms with Crippen LogP contribution >= 0.6 is 0 Å². The van der Waals surface area contributed by atoms with E-state index in [2.05, 4.69) is 6.92 Å². The lowest BCUT2D eigenvalue weighted by Gasteiger charge is -2.30. The van der Waals surface area contributed by atoms with Gasteiger partial charge in [0.05, 0.1) is 11.1 Å². The topological polar surface area (TPSA) is 93.1 Å². The van der Waals surface area contributed by atoms with E-state index in [-0.39, 0.29) is 35.5 Å². The van der Waals surface area contributed by atoms with Gasteiger partial charge in [0.15, 0.2) is 0 Å². The number of hydrogen-bond acceptors (Lipinski definition) is 6. The predicted molar refractivity (Wildman–Crippen MR) is 106 cm³/mol. The van der Waals surface area contributed by atoms with Crippen molar-refractivity contribution < 1.29 is 29.3 Å². The molecule has 0 saturated carbocycles. The van der Waals surface area contributed by atoms with Crippen LogP contribution in [0.15, 0.2) is 22.7 Å². The van der Waals surface area contributed by atoms with E-state index in [4.69, 9.17) is 9.47 Å². The average molecular weight is 395 g/mol. The van der Waals surface area contributed by atoms with Gasteiger partial charge in [0.25, 0.3) is 0 Å². The second kappa shape index (κ2) is 10.5. The molecule has 0 saturated heterocycles. The van der Waals surface area contributed by atoms with E-state index in [0.717, 1.165) is 19.3 Å². The van der Waals surface area contributed by atoms with Crippen LogP contribution in [0.3, 0.4) is 0 Å². The Labute approximate surface area is 167 Å². The zero-order valence-corrected chi connectivity index (χ0v) is 17.3. The van der Waals surface area contributed by atoms with Crippen molar-refractivity contribution in [2.75, 3.05) is 0 Å². The highest BCUT2D eigenvalue weighted by Crippen LogP contribution is 2.37. The number of aliphatic hydroxyl groups is 2. The first-order valence-electron chi connectivity index (χ1n) is 10.6. The molecule has 0 amide bonds. The monoisotopic (exact) mass is 394 g/mol. The Morgan fingerprint density at radius 1 is 0.821 bits per heavy atom. The number of cyclic esters (lactones) is 2. The maximum absolute atomic E-state index is 12.5. The first-order chi connectivity index (χ1) is 13.3. The number of hydrogen-bond donors (Lipinski definition) is 2. The molecule has 6 nitrogen and oxygen atoms in total. The summed E-state index contributed by atoms with van der Waals surface area (Å²) in [4.78, 5) is 25.0. The molecule has 0 radical (unpaired) electrons. The molecule has 0 aromatic heterocycles. The van der Waals surface area contributed by atoms with Crippen LogP contribution < -0.4 is 0 Å². The fourth-order valence-corrected chi connectivity index (χ4v) is 4.00. The quantitative estimate of drug-likeness (QED) is 0.398. The molecule has 2 N–H and O–H groups in total. The summed E-state index contributed by atoms with van der Waals surface area (Å²) in [5, 5.41) is 20.9. The van der Waals surface area contributed by atoms with Crippen molar-refractivity contribution in [2.45, 2.75) is 97.2 Å². The number of rotatable bonds is 10. The van der Waals surface area contributed by atoms with Gasteiger partial charge in [-0.25, -0.2) is 9.59 Å². The van der Waals surface area contributed by atoms with E-state index >= 15 is 0 Å². The van der Waals surface area contributed by atoms with E-state index in [1.54, 1.807) is 13.8 Å². The molecule has 158 valence electrons. The summed E-state index contributed by atoms with van der Waals surface area (Å²) < 4.78 is 10.6. The fraction of sp³-hybridized carbons (Fsp3) is 0.727. The molecule has 2 aliphatic heterocycles. The molecule has 28 heavy (non-hydrogen) atoms. The first kappa shape index (κ1) is 22.3. The SMILES string of the molecule is CCCCCCCCCC(C1=C(O)CC(C)OC1=O)C1=C(O)CC(C)OC1=O. The highest BCUT2D eigenvalue weighted by atomic mass is 16.6.